The average molecular weight is 310 g/mol. The molecule has 0 saturated heterocycles. The van der Waals surface area contributed by atoms with Crippen molar-refractivity contribution in [3.8, 4) is 0 Å². The summed E-state index contributed by atoms with van der Waals surface area (Å²) in [5, 5.41) is 11.4. The maximum Gasteiger partial charge on any atom is 0.305 e. The van der Waals surface area contributed by atoms with Crippen molar-refractivity contribution in [2.45, 2.75) is 33.2 Å². The van der Waals surface area contributed by atoms with Gasteiger partial charge in [-0.25, -0.2) is 0 Å². The molecule has 0 saturated carbocycles. The van der Waals surface area contributed by atoms with Crippen molar-refractivity contribution in [1.82, 2.24) is 10.2 Å². The number of carbonyl (C=O) groups excluding carboxylic acids is 2. The fourth-order valence-corrected chi connectivity index (χ4v) is 1.97. The summed E-state index contributed by atoms with van der Waals surface area (Å²) >= 11 is 0. The van der Waals surface area contributed by atoms with Crippen LogP contribution in [-0.4, -0.2) is 46.9 Å². The molecule has 0 radical (unpaired) electrons. The molecule has 0 bridgehead atoms. The Hall–Kier alpha value is -2.31. The normalized spacial score (nSPS) is 12.0. The number of nitrogens with one attached hydrogen (secondary N) is 1. The van der Waals surface area contributed by atoms with E-state index < -0.39 is 17.9 Å². The standard InChI is InChI=1S/C15H22N2O5/c1-10(2)8-17(6-4-13(18)19)15(21)11(3)16-14(20)12-5-7-22-9-12/h5,7,9-11H,4,6,8H2,1-3H3,(H,16,20)(H,18,19). The lowest BCUT2D eigenvalue weighted by Gasteiger charge is -2.27. The van der Waals surface area contributed by atoms with Crippen LogP contribution >= 0.6 is 0 Å². The second kappa shape index (κ2) is 8.21. The first kappa shape index (κ1) is 17.7. The summed E-state index contributed by atoms with van der Waals surface area (Å²) < 4.78 is 4.82. The predicted octanol–water partition coefficient (Wildman–Crippen LogP) is 1.36. The molecule has 1 rings (SSSR count). The van der Waals surface area contributed by atoms with Crippen LogP contribution in [0.15, 0.2) is 23.0 Å². The summed E-state index contributed by atoms with van der Waals surface area (Å²) in [5.74, 6) is -1.46. The maximum absolute atomic E-state index is 12.4. The number of furan rings is 1. The van der Waals surface area contributed by atoms with Gasteiger partial charge in [0.1, 0.15) is 12.3 Å². The van der Waals surface area contributed by atoms with Gasteiger partial charge >= 0.3 is 5.97 Å². The molecule has 1 unspecified atom stereocenters. The van der Waals surface area contributed by atoms with Crippen molar-refractivity contribution < 1.29 is 23.9 Å². The molecule has 0 aromatic carbocycles. The molecule has 1 aromatic rings. The molecular weight excluding hydrogens is 288 g/mol. The van der Waals surface area contributed by atoms with Gasteiger partial charge in [-0.15, -0.1) is 0 Å². The highest BCUT2D eigenvalue weighted by molar-refractivity contribution is 5.97. The quantitative estimate of drug-likeness (QED) is 0.755. The molecule has 2 N–H and O–H groups in total. The number of amides is 2. The number of carbonyl (C=O) groups is 3. The molecule has 1 atom stereocenters. The van der Waals surface area contributed by atoms with E-state index in [2.05, 4.69) is 5.32 Å². The third-order valence-electron chi connectivity index (χ3n) is 2.99. The smallest absolute Gasteiger partial charge is 0.305 e. The zero-order valence-electron chi connectivity index (χ0n) is 13.0. The SMILES string of the molecule is CC(C)CN(CCC(=O)O)C(=O)C(C)NC(=O)c1ccoc1. The number of carboxylic acids is 1. The Morgan fingerprint density at radius 3 is 2.50 bits per heavy atom. The van der Waals surface area contributed by atoms with Gasteiger partial charge in [0.05, 0.1) is 18.2 Å². The molecule has 0 aliphatic carbocycles. The minimum atomic E-state index is -0.961. The Bertz CT molecular complexity index is 510. The Balaban J connectivity index is 2.66. The van der Waals surface area contributed by atoms with Gasteiger partial charge in [-0.3, -0.25) is 14.4 Å². The van der Waals surface area contributed by atoms with Crippen LogP contribution in [0.1, 0.15) is 37.6 Å². The maximum atomic E-state index is 12.4. The molecule has 22 heavy (non-hydrogen) atoms. The van der Waals surface area contributed by atoms with Gasteiger partial charge < -0.3 is 19.7 Å². The monoisotopic (exact) mass is 310 g/mol. The second-order valence-electron chi connectivity index (χ2n) is 5.53. The zero-order chi connectivity index (χ0) is 16.7. The highest BCUT2D eigenvalue weighted by Crippen LogP contribution is 2.05. The van der Waals surface area contributed by atoms with E-state index >= 15 is 0 Å². The summed E-state index contributed by atoms with van der Waals surface area (Å²) in [5.41, 5.74) is 0.334. The summed E-state index contributed by atoms with van der Waals surface area (Å²) in [6.07, 6.45) is 2.54. The highest BCUT2D eigenvalue weighted by atomic mass is 16.4. The predicted molar refractivity (Wildman–Crippen MR) is 79.3 cm³/mol. The molecule has 0 aliphatic rings. The third-order valence-corrected chi connectivity index (χ3v) is 2.99. The van der Waals surface area contributed by atoms with E-state index in [9.17, 15) is 14.4 Å². The number of aliphatic carboxylic acids is 1. The van der Waals surface area contributed by atoms with Crippen molar-refractivity contribution in [3.05, 3.63) is 24.2 Å². The van der Waals surface area contributed by atoms with Crippen LogP contribution in [0, 0.1) is 5.92 Å². The van der Waals surface area contributed by atoms with Gasteiger partial charge in [0.15, 0.2) is 0 Å². The molecule has 2 amide bonds. The van der Waals surface area contributed by atoms with Crippen LogP contribution in [0.3, 0.4) is 0 Å². The van der Waals surface area contributed by atoms with E-state index in [4.69, 9.17) is 9.52 Å². The summed E-state index contributed by atoms with van der Waals surface area (Å²) in [7, 11) is 0. The highest BCUT2D eigenvalue weighted by Gasteiger charge is 2.23. The fourth-order valence-electron chi connectivity index (χ4n) is 1.97. The number of rotatable bonds is 8. The lowest BCUT2D eigenvalue weighted by molar-refractivity contribution is -0.139. The average Bonchev–Trinajstić information content (AvgIpc) is 2.96. The summed E-state index contributed by atoms with van der Waals surface area (Å²) in [6, 6.07) is 0.762. The largest absolute Gasteiger partial charge is 0.481 e. The molecule has 122 valence electrons. The van der Waals surface area contributed by atoms with Gasteiger partial charge in [0, 0.05) is 13.1 Å². The lowest BCUT2D eigenvalue weighted by Crippen LogP contribution is -2.48. The Morgan fingerprint density at radius 2 is 2.00 bits per heavy atom. The van der Waals surface area contributed by atoms with Crippen LogP contribution in [0.5, 0.6) is 0 Å². The van der Waals surface area contributed by atoms with Crippen LogP contribution in [0.2, 0.25) is 0 Å². The minimum Gasteiger partial charge on any atom is -0.481 e. The lowest BCUT2D eigenvalue weighted by atomic mass is 10.1. The first-order valence-electron chi connectivity index (χ1n) is 7.15. The van der Waals surface area contributed by atoms with Crippen LogP contribution in [0.25, 0.3) is 0 Å². The van der Waals surface area contributed by atoms with Gasteiger partial charge in [0.25, 0.3) is 5.91 Å². The van der Waals surface area contributed by atoms with Crippen LogP contribution in [-0.2, 0) is 9.59 Å². The van der Waals surface area contributed by atoms with E-state index in [0.29, 0.717) is 12.1 Å². The first-order valence-corrected chi connectivity index (χ1v) is 7.15. The van der Waals surface area contributed by atoms with Crippen molar-refractivity contribution >= 4 is 17.8 Å². The van der Waals surface area contributed by atoms with Gasteiger partial charge in [-0.05, 0) is 18.9 Å². The van der Waals surface area contributed by atoms with E-state index in [0.717, 1.165) is 0 Å². The molecule has 1 aromatic heterocycles. The third kappa shape index (κ3) is 5.59. The second-order valence-corrected chi connectivity index (χ2v) is 5.53. The minimum absolute atomic E-state index is 0.123. The Kier molecular flexibility index (Phi) is 6.62. The molecule has 1 heterocycles. The van der Waals surface area contributed by atoms with Crippen molar-refractivity contribution in [2.24, 2.45) is 5.92 Å². The molecule has 0 spiro atoms. The number of nitrogens with zero attached hydrogens (tertiary/aromatic N) is 1. The Morgan fingerprint density at radius 1 is 1.32 bits per heavy atom. The van der Waals surface area contributed by atoms with Crippen LogP contribution < -0.4 is 5.32 Å². The number of hydrogen-bond acceptors (Lipinski definition) is 4. The van der Waals surface area contributed by atoms with E-state index in [-0.39, 0.29) is 24.8 Å². The summed E-state index contributed by atoms with van der Waals surface area (Å²) in [6.45, 7) is 6.02. The van der Waals surface area contributed by atoms with E-state index in [1.165, 1.54) is 23.5 Å². The fraction of sp³-hybridized carbons (Fsp3) is 0.533. The molecule has 7 heteroatoms. The van der Waals surface area contributed by atoms with Gasteiger partial charge in [0.2, 0.25) is 5.91 Å². The van der Waals surface area contributed by atoms with Crippen molar-refractivity contribution in [1.29, 1.82) is 0 Å². The van der Waals surface area contributed by atoms with Crippen molar-refractivity contribution in [2.75, 3.05) is 13.1 Å². The van der Waals surface area contributed by atoms with Crippen LogP contribution in [0.4, 0.5) is 0 Å². The van der Waals surface area contributed by atoms with Crippen molar-refractivity contribution in [3.63, 3.8) is 0 Å². The number of carboxylic acid groups (broad SMARTS) is 1. The zero-order valence-corrected chi connectivity index (χ0v) is 13.0. The molecule has 7 nitrogen and oxygen atoms in total. The first-order chi connectivity index (χ1) is 10.3. The van der Waals surface area contributed by atoms with Gasteiger partial charge in [-0.2, -0.15) is 0 Å². The Labute approximate surface area is 129 Å². The molecular formula is C15H22N2O5. The van der Waals surface area contributed by atoms with E-state index in [1.54, 1.807) is 6.92 Å². The number of hydrogen-bond donors (Lipinski definition) is 2. The summed E-state index contributed by atoms with van der Waals surface area (Å²) in [4.78, 5) is 36.5. The topological polar surface area (TPSA) is 99.9 Å². The molecule has 0 aliphatic heterocycles. The molecule has 0 fully saturated rings. The van der Waals surface area contributed by atoms with Gasteiger partial charge in [-0.1, -0.05) is 13.8 Å². The van der Waals surface area contributed by atoms with E-state index in [1.807, 2.05) is 13.8 Å².